The summed E-state index contributed by atoms with van der Waals surface area (Å²) in [5.74, 6) is 1.63. The molecule has 1 heteroatoms. The molecule has 0 fully saturated rings. The van der Waals surface area contributed by atoms with Gasteiger partial charge in [-0.15, -0.1) is 0 Å². The van der Waals surface area contributed by atoms with E-state index in [0.29, 0.717) is 17.8 Å². The Labute approximate surface area is 161 Å². The van der Waals surface area contributed by atoms with Gasteiger partial charge in [0.2, 0.25) is 0 Å². The Kier molecular flexibility index (Phi) is 4.69. The third kappa shape index (κ3) is 2.67. The van der Waals surface area contributed by atoms with Crippen LogP contribution in [0.25, 0.3) is 12.2 Å². The van der Waals surface area contributed by atoms with Crippen LogP contribution in [0.3, 0.4) is 0 Å². The maximum atomic E-state index is 2.41. The minimum Gasteiger partial charge on any atom is -0.0761 e. The van der Waals surface area contributed by atoms with E-state index in [2.05, 4.69) is 81.5 Å². The van der Waals surface area contributed by atoms with Gasteiger partial charge in [-0.05, 0) is 53.1 Å². The molecule has 2 aromatic rings. The first-order valence-corrected chi connectivity index (χ1v) is 8.22. The average molecular weight is 309 g/mol. The van der Waals surface area contributed by atoms with Crippen LogP contribution in [0.5, 0.6) is 0 Å². The van der Waals surface area contributed by atoms with Crippen molar-refractivity contribution in [3.8, 4) is 0 Å². The fourth-order valence-electron chi connectivity index (χ4n) is 4.19. The van der Waals surface area contributed by atoms with E-state index in [0.717, 1.165) is 0 Å². The number of hydrogen-bond acceptors (Lipinski definition) is 0. The SMILES string of the molecule is Cc1cccc2c1C=CC2C(C)C1C=Cc2c(C)cccc21.[Na+]. The van der Waals surface area contributed by atoms with Crippen molar-refractivity contribution in [3.05, 3.63) is 81.9 Å². The van der Waals surface area contributed by atoms with Gasteiger partial charge in [0.05, 0.1) is 0 Å². The first-order valence-electron chi connectivity index (χ1n) is 8.22. The fourth-order valence-corrected chi connectivity index (χ4v) is 4.19. The molecule has 2 aliphatic rings. The summed E-state index contributed by atoms with van der Waals surface area (Å²) >= 11 is 0. The van der Waals surface area contributed by atoms with Gasteiger partial charge >= 0.3 is 29.6 Å². The summed E-state index contributed by atoms with van der Waals surface area (Å²) in [4.78, 5) is 0. The van der Waals surface area contributed by atoms with Crippen LogP contribution in [-0.4, -0.2) is 0 Å². The van der Waals surface area contributed by atoms with Gasteiger partial charge in [0.25, 0.3) is 0 Å². The molecule has 0 amide bonds. The Bertz CT molecular complexity index is 730. The van der Waals surface area contributed by atoms with Crippen molar-refractivity contribution in [1.82, 2.24) is 0 Å². The van der Waals surface area contributed by atoms with Crippen molar-refractivity contribution in [2.75, 3.05) is 0 Å². The summed E-state index contributed by atoms with van der Waals surface area (Å²) in [6.07, 6.45) is 9.46. The number of hydrogen-bond donors (Lipinski definition) is 0. The summed E-state index contributed by atoms with van der Waals surface area (Å²) < 4.78 is 0. The van der Waals surface area contributed by atoms with Crippen LogP contribution >= 0.6 is 0 Å². The Morgan fingerprint density at radius 3 is 1.61 bits per heavy atom. The monoisotopic (exact) mass is 309 g/mol. The van der Waals surface area contributed by atoms with Crippen molar-refractivity contribution in [2.24, 2.45) is 5.92 Å². The molecule has 23 heavy (non-hydrogen) atoms. The smallest absolute Gasteiger partial charge is 0.0761 e. The molecule has 2 aliphatic carbocycles. The summed E-state index contributed by atoms with van der Waals surface area (Å²) in [5, 5.41) is 0. The number of fused-ring (bicyclic) bond motifs is 2. The molecule has 0 aromatic heterocycles. The third-order valence-corrected chi connectivity index (χ3v) is 5.51. The summed E-state index contributed by atoms with van der Waals surface area (Å²) in [6.45, 7) is 6.83. The Hall–Kier alpha value is -1.08. The summed E-state index contributed by atoms with van der Waals surface area (Å²) in [5.41, 5.74) is 8.66. The van der Waals surface area contributed by atoms with Gasteiger partial charge in [0.15, 0.2) is 0 Å². The van der Waals surface area contributed by atoms with Crippen LogP contribution in [0, 0.1) is 19.8 Å². The molecule has 2 aromatic carbocycles. The van der Waals surface area contributed by atoms with E-state index < -0.39 is 0 Å². The molecule has 0 spiro atoms. The van der Waals surface area contributed by atoms with E-state index in [1.54, 1.807) is 0 Å². The van der Waals surface area contributed by atoms with Crippen LogP contribution in [-0.2, 0) is 0 Å². The zero-order valence-electron chi connectivity index (χ0n) is 14.5. The average Bonchev–Trinajstić information content (AvgIpc) is 3.12. The van der Waals surface area contributed by atoms with Crippen LogP contribution in [0.15, 0.2) is 48.6 Å². The fraction of sp³-hybridized carbons (Fsp3) is 0.273. The molecule has 0 bridgehead atoms. The number of rotatable bonds is 2. The molecule has 0 heterocycles. The molecule has 2 unspecified atom stereocenters. The maximum absolute atomic E-state index is 2.41. The van der Waals surface area contributed by atoms with E-state index in [1.165, 1.54) is 33.4 Å². The third-order valence-electron chi connectivity index (χ3n) is 5.51. The second-order valence-corrected chi connectivity index (χ2v) is 6.78. The largest absolute Gasteiger partial charge is 1.00 e. The number of aryl methyl sites for hydroxylation is 2. The van der Waals surface area contributed by atoms with Crippen LogP contribution < -0.4 is 29.6 Å². The molecular weight excluding hydrogens is 287 g/mol. The minimum absolute atomic E-state index is 0. The van der Waals surface area contributed by atoms with Gasteiger partial charge in [0.1, 0.15) is 0 Å². The van der Waals surface area contributed by atoms with Crippen LogP contribution in [0.2, 0.25) is 0 Å². The quantitative estimate of drug-likeness (QED) is 0.748. The van der Waals surface area contributed by atoms with Crippen molar-refractivity contribution in [1.29, 1.82) is 0 Å². The maximum Gasteiger partial charge on any atom is 1.00 e. The van der Waals surface area contributed by atoms with Gasteiger partial charge in [-0.25, -0.2) is 0 Å². The topological polar surface area (TPSA) is 0 Å². The summed E-state index contributed by atoms with van der Waals surface area (Å²) in [6, 6.07) is 13.4. The molecule has 0 aliphatic heterocycles. The van der Waals surface area contributed by atoms with Crippen molar-refractivity contribution < 1.29 is 29.6 Å². The van der Waals surface area contributed by atoms with E-state index in [9.17, 15) is 0 Å². The molecule has 4 rings (SSSR count). The van der Waals surface area contributed by atoms with Crippen LogP contribution in [0.1, 0.15) is 52.1 Å². The van der Waals surface area contributed by atoms with Crippen molar-refractivity contribution >= 4 is 12.2 Å². The zero-order valence-corrected chi connectivity index (χ0v) is 16.5. The number of allylic oxidation sites excluding steroid dienone is 2. The first-order chi connectivity index (χ1) is 10.7. The van der Waals surface area contributed by atoms with Gasteiger partial charge < -0.3 is 0 Å². The van der Waals surface area contributed by atoms with E-state index in [1.807, 2.05) is 0 Å². The second-order valence-electron chi connectivity index (χ2n) is 6.78. The first kappa shape index (κ1) is 16.8. The predicted molar refractivity (Wildman–Crippen MR) is 95.1 cm³/mol. The zero-order chi connectivity index (χ0) is 15.3. The molecular formula is C22H22Na+. The molecule has 0 radical (unpaired) electrons. The number of benzene rings is 2. The second kappa shape index (κ2) is 6.43. The Morgan fingerprint density at radius 1 is 0.739 bits per heavy atom. The van der Waals surface area contributed by atoms with E-state index >= 15 is 0 Å². The van der Waals surface area contributed by atoms with E-state index in [4.69, 9.17) is 0 Å². The molecule has 0 nitrogen and oxygen atoms in total. The van der Waals surface area contributed by atoms with Gasteiger partial charge in [-0.2, -0.15) is 0 Å². The normalized spacial score (nSPS) is 21.7. The van der Waals surface area contributed by atoms with Gasteiger partial charge in [-0.1, -0.05) is 67.6 Å². The Morgan fingerprint density at radius 2 is 1.17 bits per heavy atom. The summed E-state index contributed by atoms with van der Waals surface area (Å²) in [7, 11) is 0. The molecule has 110 valence electrons. The molecule has 0 saturated heterocycles. The van der Waals surface area contributed by atoms with Gasteiger partial charge in [0, 0.05) is 11.8 Å². The van der Waals surface area contributed by atoms with Crippen LogP contribution in [0.4, 0.5) is 0 Å². The Balaban J connectivity index is 0.00000156. The predicted octanol–water partition coefficient (Wildman–Crippen LogP) is 2.86. The van der Waals surface area contributed by atoms with E-state index in [-0.39, 0.29) is 29.6 Å². The minimum atomic E-state index is 0. The molecule has 0 saturated carbocycles. The van der Waals surface area contributed by atoms with Gasteiger partial charge in [-0.3, -0.25) is 0 Å². The standard InChI is InChI=1S/C22H22.Na/c1-14-6-4-8-21-17(14)10-12-19(21)16(3)20-13-11-18-15(2)7-5-9-22(18)20;/h4-13,16,19-20H,1-3H3;/q;+1. The molecule has 0 N–H and O–H groups in total. The van der Waals surface area contributed by atoms with Crippen molar-refractivity contribution in [3.63, 3.8) is 0 Å². The van der Waals surface area contributed by atoms with Crippen molar-refractivity contribution in [2.45, 2.75) is 32.6 Å². The molecule has 2 atom stereocenters.